The Morgan fingerprint density at radius 2 is 1.97 bits per heavy atom. The van der Waals surface area contributed by atoms with Gasteiger partial charge in [0.25, 0.3) is 16.1 Å². The summed E-state index contributed by atoms with van der Waals surface area (Å²) in [4.78, 5) is 13.7. The lowest BCUT2D eigenvalue weighted by Crippen LogP contribution is -2.60. The molecule has 4 heterocycles. The molecule has 16 heteroatoms. The van der Waals surface area contributed by atoms with Crippen molar-refractivity contribution in [2.45, 2.75) is 49.6 Å². The number of nitriles is 1. The number of halogens is 2. The largest absolute Gasteiger partial charge is 0.353 e. The van der Waals surface area contributed by atoms with Crippen LogP contribution in [0.1, 0.15) is 32.1 Å². The van der Waals surface area contributed by atoms with Crippen molar-refractivity contribution in [3.63, 3.8) is 0 Å². The maximum absolute atomic E-state index is 14.3. The van der Waals surface area contributed by atoms with E-state index in [4.69, 9.17) is 5.26 Å². The Labute approximate surface area is 220 Å². The Bertz CT molecular complexity index is 1460. The minimum Gasteiger partial charge on any atom is -0.353 e. The first-order valence-electron chi connectivity index (χ1n) is 12.4. The molecule has 2 aromatic heterocycles. The predicted octanol–water partition coefficient (Wildman–Crippen LogP) is 1.13. The van der Waals surface area contributed by atoms with Gasteiger partial charge >= 0.3 is 0 Å². The monoisotopic (exact) mass is 572 g/mol. The number of piperazine rings is 1. The summed E-state index contributed by atoms with van der Waals surface area (Å²) in [6, 6.07) is 2.52. The van der Waals surface area contributed by atoms with Crippen molar-refractivity contribution in [3.05, 3.63) is 18.6 Å². The van der Waals surface area contributed by atoms with Gasteiger partial charge in [-0.3, -0.25) is 0 Å². The second kappa shape index (κ2) is 9.63. The molecule has 0 radical (unpaired) electrons. The van der Waals surface area contributed by atoms with Gasteiger partial charge in [0.05, 0.1) is 29.3 Å². The smallest absolute Gasteiger partial charge is 0.282 e. The van der Waals surface area contributed by atoms with Crippen LogP contribution in [0.15, 0.2) is 18.6 Å². The molecule has 0 bridgehead atoms. The zero-order valence-electron chi connectivity index (χ0n) is 20.9. The molecule has 12 nitrogen and oxygen atoms in total. The molecule has 5 rings (SSSR count). The van der Waals surface area contributed by atoms with Gasteiger partial charge in [0.1, 0.15) is 17.8 Å². The molecule has 3 aliphatic rings. The van der Waals surface area contributed by atoms with E-state index in [1.54, 1.807) is 6.20 Å². The lowest BCUT2D eigenvalue weighted by Gasteiger charge is -2.43. The highest BCUT2D eigenvalue weighted by Crippen LogP contribution is 2.47. The lowest BCUT2D eigenvalue weighted by molar-refractivity contribution is 0.0169. The first-order chi connectivity index (χ1) is 17.9. The highest BCUT2D eigenvalue weighted by atomic mass is 32.2. The number of sulfonamides is 1. The van der Waals surface area contributed by atoms with E-state index < -0.39 is 56.5 Å². The number of unbranched alkanes of at least 4 members (excludes halogenated alkanes) is 1. The number of hydrogen-bond donors (Lipinski definition) is 1. The quantitative estimate of drug-likeness (QED) is 0.440. The summed E-state index contributed by atoms with van der Waals surface area (Å²) in [5.74, 6) is -2.98. The summed E-state index contributed by atoms with van der Waals surface area (Å²) >= 11 is 0. The number of rotatable bonds is 9. The third-order valence-corrected chi connectivity index (χ3v) is 11.6. The SMILES string of the molecule is CN(C[C@@H]1CC(F)(F)CN1S(=O)(=O)CCCC#N)S(=O)(=O)N1CCN(c2ncnc3[nH]ccc23)CC12CC2. The summed E-state index contributed by atoms with van der Waals surface area (Å²) in [6.45, 7) is -0.387. The first-order valence-corrected chi connectivity index (χ1v) is 15.4. The van der Waals surface area contributed by atoms with Gasteiger partial charge in [-0.1, -0.05) is 0 Å². The predicted molar refractivity (Wildman–Crippen MR) is 135 cm³/mol. The van der Waals surface area contributed by atoms with E-state index in [-0.39, 0.29) is 25.9 Å². The van der Waals surface area contributed by atoms with Crippen molar-refractivity contribution < 1.29 is 25.6 Å². The molecule has 1 atom stereocenters. The number of likely N-dealkylation sites (N-methyl/N-ethyl adjacent to an activating group) is 1. The highest BCUT2D eigenvalue weighted by molar-refractivity contribution is 7.89. The Balaban J connectivity index is 1.31. The fraction of sp³-hybridized carbons (Fsp3) is 0.682. The minimum absolute atomic E-state index is 0.0128. The fourth-order valence-corrected chi connectivity index (χ4v) is 8.99. The summed E-state index contributed by atoms with van der Waals surface area (Å²) in [6.07, 6.45) is 3.78. The van der Waals surface area contributed by atoms with Crippen LogP contribution in [-0.2, 0) is 20.2 Å². The van der Waals surface area contributed by atoms with E-state index >= 15 is 0 Å². The van der Waals surface area contributed by atoms with Crippen LogP contribution in [-0.4, -0.2) is 108 Å². The van der Waals surface area contributed by atoms with E-state index in [0.29, 0.717) is 31.6 Å². The van der Waals surface area contributed by atoms with Crippen molar-refractivity contribution in [2.24, 2.45) is 0 Å². The van der Waals surface area contributed by atoms with Gasteiger partial charge in [0.2, 0.25) is 10.0 Å². The van der Waals surface area contributed by atoms with Gasteiger partial charge in [-0.2, -0.15) is 26.6 Å². The molecule has 3 fully saturated rings. The number of alkyl halides is 2. The van der Waals surface area contributed by atoms with Crippen LogP contribution in [0.25, 0.3) is 11.0 Å². The number of aromatic amines is 1. The molecule has 38 heavy (non-hydrogen) atoms. The van der Waals surface area contributed by atoms with Crippen molar-refractivity contribution in [1.82, 2.24) is 27.9 Å². The minimum atomic E-state index is -4.08. The van der Waals surface area contributed by atoms with Gasteiger partial charge < -0.3 is 9.88 Å². The Kier molecular flexibility index (Phi) is 6.87. The Morgan fingerprint density at radius 1 is 1.21 bits per heavy atom. The molecule has 0 amide bonds. The number of anilines is 1. The normalized spacial score (nSPS) is 23.9. The number of nitrogens with zero attached hydrogens (tertiary/aromatic N) is 7. The average molecular weight is 573 g/mol. The second-order valence-corrected chi connectivity index (χ2v) is 14.3. The molecule has 2 aromatic rings. The van der Waals surface area contributed by atoms with Crippen LogP contribution in [0.2, 0.25) is 0 Å². The number of aromatic nitrogens is 3. The van der Waals surface area contributed by atoms with Crippen LogP contribution in [0, 0.1) is 11.3 Å². The molecule has 1 N–H and O–H groups in total. The Hall–Kier alpha value is -2.45. The molecular weight excluding hydrogens is 542 g/mol. The van der Waals surface area contributed by atoms with Crippen molar-refractivity contribution in [3.8, 4) is 6.07 Å². The molecule has 0 unspecified atom stereocenters. The fourth-order valence-electron chi connectivity index (χ4n) is 5.52. The van der Waals surface area contributed by atoms with Crippen LogP contribution >= 0.6 is 0 Å². The third-order valence-electron chi connectivity index (χ3n) is 7.56. The second-order valence-electron chi connectivity index (χ2n) is 10.3. The zero-order valence-corrected chi connectivity index (χ0v) is 22.6. The van der Waals surface area contributed by atoms with Crippen LogP contribution in [0.5, 0.6) is 0 Å². The number of hydrogen-bond acceptors (Lipinski definition) is 8. The number of nitrogens with one attached hydrogen (secondary N) is 1. The maximum Gasteiger partial charge on any atom is 0.282 e. The standard InChI is InChI=1S/C22H30F2N8O4S2/c1-29(13-17-12-22(23,24)15-31(17)37(33,34)11-3-2-7-25)38(35,36)32-10-9-30(14-21(32)5-6-21)20-18-4-8-26-19(18)27-16-28-20/h4,8,16-17H,2-3,5-6,9-15H2,1H3,(H,26,27,28)/t17-/m0/s1. The van der Waals surface area contributed by atoms with E-state index in [2.05, 4.69) is 15.0 Å². The van der Waals surface area contributed by atoms with Gasteiger partial charge in [0, 0.05) is 58.3 Å². The van der Waals surface area contributed by atoms with Gasteiger partial charge in [0.15, 0.2) is 0 Å². The summed E-state index contributed by atoms with van der Waals surface area (Å²) < 4.78 is 84.8. The van der Waals surface area contributed by atoms with E-state index in [1.165, 1.54) is 17.7 Å². The van der Waals surface area contributed by atoms with Crippen LogP contribution < -0.4 is 4.90 Å². The molecular formula is C22H30F2N8O4S2. The first kappa shape index (κ1) is 27.1. The highest BCUT2D eigenvalue weighted by Gasteiger charge is 2.57. The molecule has 0 aromatic carbocycles. The number of fused-ring (bicyclic) bond motifs is 1. The molecule has 1 aliphatic carbocycles. The van der Waals surface area contributed by atoms with Gasteiger partial charge in [-0.25, -0.2) is 27.2 Å². The average Bonchev–Trinajstić information content (AvgIpc) is 3.28. The lowest BCUT2D eigenvalue weighted by atomic mass is 10.2. The zero-order chi connectivity index (χ0) is 27.3. The van der Waals surface area contributed by atoms with Crippen molar-refractivity contribution in [1.29, 1.82) is 5.26 Å². The molecule has 208 valence electrons. The molecule has 1 spiro atoms. The third kappa shape index (κ3) is 4.97. The molecule has 1 saturated carbocycles. The van der Waals surface area contributed by atoms with E-state index in [9.17, 15) is 25.6 Å². The van der Waals surface area contributed by atoms with Gasteiger partial charge in [-0.15, -0.1) is 0 Å². The van der Waals surface area contributed by atoms with E-state index in [1.807, 2.05) is 17.0 Å². The summed E-state index contributed by atoms with van der Waals surface area (Å²) in [5.41, 5.74) is 0.0526. The van der Waals surface area contributed by atoms with E-state index in [0.717, 1.165) is 19.8 Å². The topological polar surface area (TPSA) is 147 Å². The summed E-state index contributed by atoms with van der Waals surface area (Å²) in [7, 11) is -6.84. The molecule has 2 saturated heterocycles. The number of H-pyrrole nitrogens is 1. The molecule has 2 aliphatic heterocycles. The Morgan fingerprint density at radius 3 is 2.68 bits per heavy atom. The van der Waals surface area contributed by atoms with Gasteiger partial charge in [-0.05, 0) is 25.3 Å². The van der Waals surface area contributed by atoms with Crippen molar-refractivity contribution in [2.75, 3.05) is 50.4 Å². The van der Waals surface area contributed by atoms with Crippen LogP contribution in [0.4, 0.5) is 14.6 Å². The van der Waals surface area contributed by atoms with Crippen LogP contribution in [0.3, 0.4) is 0 Å². The maximum atomic E-state index is 14.3. The summed E-state index contributed by atoms with van der Waals surface area (Å²) in [5, 5.41) is 9.54. The van der Waals surface area contributed by atoms with Crippen molar-refractivity contribution >= 4 is 37.1 Å².